The number of furan rings is 1. The van der Waals surface area contributed by atoms with Crippen LogP contribution < -0.4 is 19.7 Å². The standard InChI is InChI=1S/C27H30N2O5/c1-32-22-15-13-21(14-16-22)29(27(31)24-12-7-17-34-24)25(19-8-6-11-23(18-19)33-2)26(30)28-20-9-4-3-5-10-20/h6-8,11-18,20,25H,3-5,9-10H2,1-2H3,(H,28,30)/t25-/m0/s1. The number of benzene rings is 2. The number of hydrogen-bond donors (Lipinski definition) is 1. The zero-order valence-corrected chi connectivity index (χ0v) is 19.5. The van der Waals surface area contributed by atoms with Crippen LogP contribution in [-0.2, 0) is 4.79 Å². The Morgan fingerprint density at radius 1 is 0.941 bits per heavy atom. The minimum atomic E-state index is -0.928. The van der Waals surface area contributed by atoms with Crippen molar-refractivity contribution in [1.82, 2.24) is 5.32 Å². The van der Waals surface area contributed by atoms with E-state index in [0.29, 0.717) is 22.7 Å². The lowest BCUT2D eigenvalue weighted by molar-refractivity contribution is -0.123. The number of nitrogens with zero attached hydrogens (tertiary/aromatic N) is 1. The zero-order chi connectivity index (χ0) is 23.9. The third-order valence-electron chi connectivity index (χ3n) is 6.17. The summed E-state index contributed by atoms with van der Waals surface area (Å²) in [5.74, 6) is 0.749. The van der Waals surface area contributed by atoms with E-state index in [-0.39, 0.29) is 17.7 Å². The first kappa shape index (κ1) is 23.4. The normalized spacial score (nSPS) is 14.8. The van der Waals surface area contributed by atoms with Crippen molar-refractivity contribution in [2.24, 2.45) is 0 Å². The molecule has 2 aromatic carbocycles. The minimum absolute atomic E-state index is 0.0887. The first-order chi connectivity index (χ1) is 16.6. The molecule has 4 rings (SSSR count). The molecule has 3 aromatic rings. The number of rotatable bonds is 8. The van der Waals surface area contributed by atoms with Crippen LogP contribution in [0.3, 0.4) is 0 Å². The van der Waals surface area contributed by atoms with Crippen molar-refractivity contribution in [1.29, 1.82) is 0 Å². The third kappa shape index (κ3) is 5.25. The van der Waals surface area contributed by atoms with Crippen LogP contribution in [0.25, 0.3) is 0 Å². The van der Waals surface area contributed by atoms with E-state index in [9.17, 15) is 9.59 Å². The van der Waals surface area contributed by atoms with Gasteiger partial charge in [0.2, 0.25) is 5.91 Å². The van der Waals surface area contributed by atoms with E-state index in [2.05, 4.69) is 5.32 Å². The van der Waals surface area contributed by atoms with E-state index >= 15 is 0 Å². The van der Waals surface area contributed by atoms with Gasteiger partial charge in [0.25, 0.3) is 5.91 Å². The van der Waals surface area contributed by atoms with Gasteiger partial charge < -0.3 is 19.2 Å². The van der Waals surface area contributed by atoms with Crippen molar-refractivity contribution in [2.45, 2.75) is 44.2 Å². The van der Waals surface area contributed by atoms with Crippen molar-refractivity contribution in [2.75, 3.05) is 19.1 Å². The van der Waals surface area contributed by atoms with E-state index in [1.807, 2.05) is 18.2 Å². The third-order valence-corrected chi connectivity index (χ3v) is 6.17. The van der Waals surface area contributed by atoms with Gasteiger partial charge in [0.05, 0.1) is 20.5 Å². The van der Waals surface area contributed by atoms with Crippen LogP contribution in [0.1, 0.15) is 54.3 Å². The van der Waals surface area contributed by atoms with Crippen LogP contribution >= 0.6 is 0 Å². The van der Waals surface area contributed by atoms with Crippen molar-refractivity contribution >= 4 is 17.5 Å². The molecule has 178 valence electrons. The lowest BCUT2D eigenvalue weighted by Crippen LogP contribution is -2.47. The fraction of sp³-hybridized carbons (Fsp3) is 0.333. The van der Waals surface area contributed by atoms with Gasteiger partial charge in [-0.25, -0.2) is 0 Å². The van der Waals surface area contributed by atoms with Crippen LogP contribution in [0.5, 0.6) is 11.5 Å². The molecule has 0 saturated heterocycles. The highest BCUT2D eigenvalue weighted by molar-refractivity contribution is 6.08. The van der Waals surface area contributed by atoms with E-state index in [0.717, 1.165) is 25.7 Å². The Hall–Kier alpha value is -3.74. The monoisotopic (exact) mass is 462 g/mol. The average Bonchev–Trinajstić information content (AvgIpc) is 3.43. The largest absolute Gasteiger partial charge is 0.497 e. The molecular weight excluding hydrogens is 432 g/mol. The van der Waals surface area contributed by atoms with Gasteiger partial charge in [-0.3, -0.25) is 14.5 Å². The summed E-state index contributed by atoms with van der Waals surface area (Å²) in [6.07, 6.45) is 6.67. The maximum absolute atomic E-state index is 13.8. The Bertz CT molecular complexity index is 1090. The summed E-state index contributed by atoms with van der Waals surface area (Å²) in [7, 11) is 3.16. The van der Waals surface area contributed by atoms with Gasteiger partial charge in [-0.15, -0.1) is 0 Å². The number of anilines is 1. The molecule has 0 bridgehead atoms. The molecule has 0 aliphatic heterocycles. The highest BCUT2D eigenvalue weighted by Gasteiger charge is 2.35. The molecule has 1 aliphatic carbocycles. The molecule has 1 heterocycles. The Labute approximate surface area is 199 Å². The van der Waals surface area contributed by atoms with Crippen LogP contribution in [0.4, 0.5) is 5.69 Å². The van der Waals surface area contributed by atoms with Crippen molar-refractivity contribution in [3.63, 3.8) is 0 Å². The highest BCUT2D eigenvalue weighted by Crippen LogP contribution is 2.33. The van der Waals surface area contributed by atoms with Crippen LogP contribution in [0.15, 0.2) is 71.3 Å². The molecular formula is C27H30N2O5. The molecule has 0 spiro atoms. The molecule has 2 amide bonds. The summed E-state index contributed by atoms with van der Waals surface area (Å²) >= 11 is 0. The van der Waals surface area contributed by atoms with Gasteiger partial charge >= 0.3 is 0 Å². The summed E-state index contributed by atoms with van der Waals surface area (Å²) < 4.78 is 16.1. The summed E-state index contributed by atoms with van der Waals surface area (Å²) in [4.78, 5) is 29.0. The maximum Gasteiger partial charge on any atom is 0.294 e. The predicted molar refractivity (Wildman–Crippen MR) is 129 cm³/mol. The summed E-state index contributed by atoms with van der Waals surface area (Å²) in [6.45, 7) is 0. The summed E-state index contributed by atoms with van der Waals surface area (Å²) in [5.41, 5.74) is 1.19. The first-order valence-electron chi connectivity index (χ1n) is 11.6. The Kier molecular flexibility index (Phi) is 7.52. The number of ether oxygens (including phenoxy) is 2. The van der Waals surface area contributed by atoms with E-state index < -0.39 is 11.9 Å². The van der Waals surface area contributed by atoms with E-state index in [1.54, 1.807) is 56.7 Å². The number of methoxy groups -OCH3 is 2. The number of hydrogen-bond acceptors (Lipinski definition) is 5. The topological polar surface area (TPSA) is 81.0 Å². The molecule has 34 heavy (non-hydrogen) atoms. The fourth-order valence-corrected chi connectivity index (χ4v) is 4.40. The first-order valence-corrected chi connectivity index (χ1v) is 11.6. The van der Waals surface area contributed by atoms with Crippen LogP contribution in [-0.4, -0.2) is 32.1 Å². The van der Waals surface area contributed by atoms with Gasteiger partial charge in [0.15, 0.2) is 5.76 Å². The molecule has 0 radical (unpaired) electrons. The number of carbonyl (C=O) groups excluding carboxylic acids is 2. The van der Waals surface area contributed by atoms with E-state index in [1.165, 1.54) is 17.6 Å². The molecule has 1 fully saturated rings. The SMILES string of the molecule is COc1ccc(N(C(=O)c2ccco2)[C@H](C(=O)NC2CCCCC2)c2cccc(OC)c2)cc1. The molecule has 1 aromatic heterocycles. The molecule has 1 saturated carbocycles. The smallest absolute Gasteiger partial charge is 0.294 e. The molecule has 7 heteroatoms. The lowest BCUT2D eigenvalue weighted by atomic mass is 9.94. The fourth-order valence-electron chi connectivity index (χ4n) is 4.40. The van der Waals surface area contributed by atoms with E-state index in [4.69, 9.17) is 13.9 Å². The Morgan fingerprint density at radius 2 is 1.68 bits per heavy atom. The maximum atomic E-state index is 13.8. The summed E-state index contributed by atoms with van der Waals surface area (Å²) in [6, 6.07) is 16.7. The number of nitrogens with one attached hydrogen (secondary N) is 1. The Morgan fingerprint density at radius 3 is 2.32 bits per heavy atom. The predicted octanol–water partition coefficient (Wildman–Crippen LogP) is 5.13. The highest BCUT2D eigenvalue weighted by atomic mass is 16.5. The molecule has 7 nitrogen and oxygen atoms in total. The van der Waals surface area contributed by atoms with Crippen molar-refractivity contribution in [3.8, 4) is 11.5 Å². The molecule has 0 unspecified atom stereocenters. The quantitative estimate of drug-likeness (QED) is 0.502. The lowest BCUT2D eigenvalue weighted by Gasteiger charge is -2.33. The minimum Gasteiger partial charge on any atom is -0.497 e. The number of carbonyl (C=O) groups is 2. The average molecular weight is 463 g/mol. The van der Waals surface area contributed by atoms with Gasteiger partial charge in [0, 0.05) is 11.7 Å². The second-order valence-corrected chi connectivity index (χ2v) is 8.37. The molecule has 1 aliphatic rings. The van der Waals surface area contributed by atoms with Gasteiger partial charge in [-0.1, -0.05) is 31.4 Å². The second-order valence-electron chi connectivity index (χ2n) is 8.37. The molecule has 1 N–H and O–H groups in total. The van der Waals surface area contributed by atoms with Gasteiger partial charge in [-0.2, -0.15) is 0 Å². The number of amides is 2. The van der Waals surface area contributed by atoms with Crippen LogP contribution in [0, 0.1) is 0 Å². The molecule has 1 atom stereocenters. The Balaban J connectivity index is 1.79. The summed E-state index contributed by atoms with van der Waals surface area (Å²) in [5, 5.41) is 3.20. The van der Waals surface area contributed by atoms with Crippen molar-refractivity contribution < 1.29 is 23.5 Å². The van der Waals surface area contributed by atoms with Crippen LogP contribution in [0.2, 0.25) is 0 Å². The zero-order valence-electron chi connectivity index (χ0n) is 19.5. The van der Waals surface area contributed by atoms with Crippen molar-refractivity contribution in [3.05, 3.63) is 78.3 Å². The second kappa shape index (κ2) is 10.9. The van der Waals surface area contributed by atoms with Gasteiger partial charge in [0.1, 0.15) is 17.5 Å². The van der Waals surface area contributed by atoms with Gasteiger partial charge in [-0.05, 0) is 66.9 Å².